The van der Waals surface area contributed by atoms with Crippen LogP contribution in [-0.4, -0.2) is 0 Å². The summed E-state index contributed by atoms with van der Waals surface area (Å²) >= 11 is 9.66. The molecule has 0 aliphatic heterocycles. The second-order valence-corrected chi connectivity index (χ2v) is 5.58. The van der Waals surface area contributed by atoms with Gasteiger partial charge in [-0.25, -0.2) is 0 Å². The third-order valence-corrected chi connectivity index (χ3v) is 3.71. The first-order chi connectivity index (χ1) is 8.66. The molecule has 1 atom stereocenters. The fourth-order valence-electron chi connectivity index (χ4n) is 1.85. The highest BCUT2D eigenvalue weighted by atomic mass is 79.9. The van der Waals surface area contributed by atoms with Crippen molar-refractivity contribution in [2.45, 2.75) is 19.5 Å². The van der Waals surface area contributed by atoms with E-state index < -0.39 is 0 Å². The van der Waals surface area contributed by atoms with Crippen LogP contribution in [0.4, 0.5) is 0 Å². The van der Waals surface area contributed by atoms with E-state index in [9.17, 15) is 0 Å². The highest BCUT2D eigenvalue weighted by Gasteiger charge is 2.08. The van der Waals surface area contributed by atoms with E-state index in [1.54, 1.807) is 0 Å². The zero-order chi connectivity index (χ0) is 13.0. The van der Waals surface area contributed by atoms with Crippen molar-refractivity contribution in [2.75, 3.05) is 0 Å². The minimum absolute atomic E-state index is 0.234. The Morgan fingerprint density at radius 3 is 2.67 bits per heavy atom. The first-order valence-corrected chi connectivity index (χ1v) is 7.06. The predicted molar refractivity (Wildman–Crippen MR) is 80.8 cm³/mol. The van der Waals surface area contributed by atoms with Gasteiger partial charge in [-0.2, -0.15) is 0 Å². The van der Waals surface area contributed by atoms with Gasteiger partial charge in [-0.05, 0) is 36.2 Å². The molecule has 0 spiro atoms. The van der Waals surface area contributed by atoms with Crippen LogP contribution in [0, 0.1) is 0 Å². The monoisotopic (exact) mass is 323 g/mol. The summed E-state index contributed by atoms with van der Waals surface area (Å²) in [5, 5.41) is 4.29. The van der Waals surface area contributed by atoms with E-state index >= 15 is 0 Å². The lowest BCUT2D eigenvalue weighted by atomic mass is 10.1. The maximum absolute atomic E-state index is 6.18. The smallest absolute Gasteiger partial charge is 0.0453 e. The zero-order valence-corrected chi connectivity index (χ0v) is 12.5. The molecule has 2 rings (SSSR count). The van der Waals surface area contributed by atoms with Crippen molar-refractivity contribution < 1.29 is 0 Å². The van der Waals surface area contributed by atoms with Gasteiger partial charge in [0, 0.05) is 22.1 Å². The summed E-state index contributed by atoms with van der Waals surface area (Å²) in [5.74, 6) is 0. The van der Waals surface area contributed by atoms with Crippen LogP contribution in [0.2, 0.25) is 5.02 Å². The van der Waals surface area contributed by atoms with E-state index in [-0.39, 0.29) is 6.04 Å². The molecule has 0 fully saturated rings. The van der Waals surface area contributed by atoms with Crippen LogP contribution in [0.5, 0.6) is 0 Å². The summed E-state index contributed by atoms with van der Waals surface area (Å²) in [6.45, 7) is 2.95. The lowest BCUT2D eigenvalue weighted by molar-refractivity contribution is 0.575. The van der Waals surface area contributed by atoms with Gasteiger partial charge in [0.2, 0.25) is 0 Å². The number of hydrogen-bond donors (Lipinski definition) is 1. The van der Waals surface area contributed by atoms with Crippen LogP contribution in [-0.2, 0) is 6.54 Å². The lowest BCUT2D eigenvalue weighted by Crippen LogP contribution is -2.18. The molecule has 0 saturated heterocycles. The Bertz CT molecular complexity index is 527. The van der Waals surface area contributed by atoms with Crippen molar-refractivity contribution in [2.24, 2.45) is 0 Å². The molecule has 0 heterocycles. The molecule has 94 valence electrons. The Morgan fingerprint density at radius 2 is 1.94 bits per heavy atom. The number of benzene rings is 2. The van der Waals surface area contributed by atoms with E-state index in [1.165, 1.54) is 5.56 Å². The second-order valence-electron chi connectivity index (χ2n) is 4.25. The van der Waals surface area contributed by atoms with Crippen molar-refractivity contribution in [1.29, 1.82) is 0 Å². The molecule has 1 nitrogen and oxygen atoms in total. The van der Waals surface area contributed by atoms with Crippen LogP contribution < -0.4 is 5.32 Å². The summed E-state index contributed by atoms with van der Waals surface area (Å²) in [4.78, 5) is 0. The molecule has 0 aliphatic carbocycles. The van der Waals surface area contributed by atoms with Gasteiger partial charge in [-0.3, -0.25) is 0 Å². The fraction of sp³-hybridized carbons (Fsp3) is 0.200. The van der Waals surface area contributed by atoms with Gasteiger partial charge >= 0.3 is 0 Å². The highest BCUT2D eigenvalue weighted by Crippen LogP contribution is 2.22. The average Bonchev–Trinajstić information content (AvgIpc) is 2.37. The van der Waals surface area contributed by atoms with E-state index in [2.05, 4.69) is 46.4 Å². The van der Waals surface area contributed by atoms with Crippen LogP contribution in [0.1, 0.15) is 24.1 Å². The molecule has 1 N–H and O–H groups in total. The first kappa shape index (κ1) is 13.6. The quantitative estimate of drug-likeness (QED) is 0.838. The lowest BCUT2D eigenvalue weighted by Gasteiger charge is -2.15. The third kappa shape index (κ3) is 3.58. The molecule has 0 aliphatic rings. The second kappa shape index (κ2) is 6.37. The van der Waals surface area contributed by atoms with Crippen molar-refractivity contribution in [1.82, 2.24) is 5.32 Å². The maximum Gasteiger partial charge on any atom is 0.0453 e. The average molecular weight is 325 g/mol. The molecule has 0 amide bonds. The molecule has 0 aromatic heterocycles. The third-order valence-electron chi connectivity index (χ3n) is 2.87. The van der Waals surface area contributed by atoms with E-state index in [0.717, 1.165) is 21.6 Å². The van der Waals surface area contributed by atoms with Crippen LogP contribution in [0.15, 0.2) is 53.0 Å². The zero-order valence-electron chi connectivity index (χ0n) is 10.2. The summed E-state index contributed by atoms with van der Waals surface area (Å²) in [6, 6.07) is 16.5. The standard InChI is InChI=1S/C15H15BrClN/c1-11(14-7-2-3-8-15(14)17)18-10-12-5-4-6-13(16)9-12/h2-9,11,18H,10H2,1H3/t11-/m0/s1. The molecule has 0 saturated carbocycles. The van der Waals surface area contributed by atoms with E-state index in [1.807, 2.05) is 30.3 Å². The Labute approximate surface area is 121 Å². The largest absolute Gasteiger partial charge is 0.306 e. The van der Waals surface area contributed by atoms with Gasteiger partial charge in [-0.15, -0.1) is 0 Å². The van der Waals surface area contributed by atoms with Gasteiger partial charge in [0.15, 0.2) is 0 Å². The SMILES string of the molecule is C[C@H](NCc1cccc(Br)c1)c1ccccc1Cl. The highest BCUT2D eigenvalue weighted by molar-refractivity contribution is 9.10. The van der Waals surface area contributed by atoms with Crippen molar-refractivity contribution >= 4 is 27.5 Å². The molecule has 3 heteroatoms. The Kier molecular flexibility index (Phi) is 4.81. The summed E-state index contributed by atoms with van der Waals surface area (Å²) in [7, 11) is 0. The maximum atomic E-state index is 6.18. The molecule has 2 aromatic rings. The topological polar surface area (TPSA) is 12.0 Å². The minimum Gasteiger partial charge on any atom is -0.306 e. The van der Waals surface area contributed by atoms with E-state index in [0.29, 0.717) is 0 Å². The van der Waals surface area contributed by atoms with Gasteiger partial charge in [0.1, 0.15) is 0 Å². The van der Waals surface area contributed by atoms with Crippen molar-refractivity contribution in [3.05, 3.63) is 69.2 Å². The molecule has 18 heavy (non-hydrogen) atoms. The van der Waals surface area contributed by atoms with Gasteiger partial charge in [0.25, 0.3) is 0 Å². The molecule has 0 radical (unpaired) electrons. The number of rotatable bonds is 4. The normalized spacial score (nSPS) is 12.4. The first-order valence-electron chi connectivity index (χ1n) is 5.89. The summed E-state index contributed by atoms with van der Waals surface area (Å²) in [5.41, 5.74) is 2.39. The molecular weight excluding hydrogens is 310 g/mol. The Balaban J connectivity index is 2.00. The summed E-state index contributed by atoms with van der Waals surface area (Å²) in [6.07, 6.45) is 0. The Hall–Kier alpha value is -0.830. The van der Waals surface area contributed by atoms with Gasteiger partial charge < -0.3 is 5.32 Å². The summed E-state index contributed by atoms with van der Waals surface area (Å²) < 4.78 is 1.10. The van der Waals surface area contributed by atoms with Crippen molar-refractivity contribution in [3.8, 4) is 0 Å². The number of halogens is 2. The molecule has 0 bridgehead atoms. The molecule has 0 unspecified atom stereocenters. The fourth-order valence-corrected chi connectivity index (χ4v) is 2.60. The molecular formula is C15H15BrClN. The van der Waals surface area contributed by atoms with Gasteiger partial charge in [0.05, 0.1) is 0 Å². The predicted octanol–water partition coefficient (Wildman–Crippen LogP) is 4.95. The number of hydrogen-bond acceptors (Lipinski definition) is 1. The van der Waals surface area contributed by atoms with Crippen LogP contribution >= 0.6 is 27.5 Å². The van der Waals surface area contributed by atoms with Crippen LogP contribution in [0.3, 0.4) is 0 Å². The Morgan fingerprint density at radius 1 is 1.17 bits per heavy atom. The molecule has 2 aromatic carbocycles. The van der Waals surface area contributed by atoms with Crippen molar-refractivity contribution in [3.63, 3.8) is 0 Å². The van der Waals surface area contributed by atoms with Crippen LogP contribution in [0.25, 0.3) is 0 Å². The van der Waals surface area contributed by atoms with Gasteiger partial charge in [-0.1, -0.05) is 57.9 Å². The van der Waals surface area contributed by atoms with E-state index in [4.69, 9.17) is 11.6 Å². The minimum atomic E-state index is 0.234. The number of nitrogens with one attached hydrogen (secondary N) is 1.